The smallest absolute Gasteiger partial charge is 0.147 e. The molecule has 1 aliphatic heterocycles. The number of benzene rings is 1. The van der Waals surface area contributed by atoms with Crippen molar-refractivity contribution in [3.05, 3.63) is 46.0 Å². The van der Waals surface area contributed by atoms with Gasteiger partial charge in [-0.3, -0.25) is 0 Å². The molecule has 1 aliphatic rings. The maximum Gasteiger partial charge on any atom is 0.147 e. The quantitative estimate of drug-likeness (QED) is 0.623. The number of nitrogens with one attached hydrogen (secondary N) is 1. The van der Waals surface area contributed by atoms with E-state index in [-0.39, 0.29) is 5.82 Å². The van der Waals surface area contributed by atoms with Crippen LogP contribution in [0.5, 0.6) is 0 Å². The Morgan fingerprint density at radius 3 is 2.67 bits per heavy atom. The minimum absolute atomic E-state index is 0.166. The van der Waals surface area contributed by atoms with E-state index < -0.39 is 0 Å². The molecule has 4 rings (SSSR count). The molecule has 0 bridgehead atoms. The Hall–Kier alpha value is -1.67. The maximum absolute atomic E-state index is 14.7. The number of likely N-dealkylation sites (N-methyl/N-ethyl adjacent to an activating group) is 1. The van der Waals surface area contributed by atoms with Crippen molar-refractivity contribution in [2.45, 2.75) is 0 Å². The minimum Gasteiger partial charge on any atom is -0.367 e. The first kappa shape index (κ1) is 15.8. The van der Waals surface area contributed by atoms with E-state index in [0.717, 1.165) is 51.9 Å². The summed E-state index contributed by atoms with van der Waals surface area (Å²) < 4.78 is 15.8. The van der Waals surface area contributed by atoms with Gasteiger partial charge in [-0.25, -0.2) is 9.37 Å². The lowest BCUT2D eigenvalue weighted by Crippen LogP contribution is -2.44. The molecule has 1 aromatic carbocycles. The van der Waals surface area contributed by atoms with Crippen molar-refractivity contribution in [1.29, 1.82) is 0 Å². The largest absolute Gasteiger partial charge is 0.367 e. The van der Waals surface area contributed by atoms with Crippen LogP contribution in [0.1, 0.15) is 0 Å². The number of fused-ring (bicyclic) bond motifs is 1. The molecule has 1 saturated heterocycles. The third-order valence-electron chi connectivity index (χ3n) is 4.61. The van der Waals surface area contributed by atoms with E-state index >= 15 is 0 Å². The molecule has 0 saturated carbocycles. The van der Waals surface area contributed by atoms with Gasteiger partial charge < -0.3 is 14.8 Å². The van der Waals surface area contributed by atoms with Gasteiger partial charge in [-0.15, -0.1) is 0 Å². The molecule has 24 heavy (non-hydrogen) atoms. The van der Waals surface area contributed by atoms with Gasteiger partial charge in [-0.2, -0.15) is 0 Å². The van der Waals surface area contributed by atoms with E-state index in [1.54, 1.807) is 12.3 Å². The Labute approximate surface area is 153 Å². The standard InChI is InChI=1S/C18H18FIN4/c1-23-4-6-24(7-5-23)17-3-2-12(9-15(17)19)13-8-14-16(20)11-22-18(14)21-10-13/h2-3,8-11H,4-7H2,1H3,(H,21,22). The topological polar surface area (TPSA) is 35.2 Å². The predicted octanol–water partition coefficient (Wildman–Crippen LogP) is 3.73. The van der Waals surface area contributed by atoms with Crippen LogP contribution in [-0.2, 0) is 0 Å². The highest BCUT2D eigenvalue weighted by Gasteiger charge is 2.18. The second-order valence-corrected chi connectivity index (χ2v) is 7.38. The molecule has 3 heterocycles. The molecular weight excluding hydrogens is 418 g/mol. The number of nitrogens with zero attached hydrogens (tertiary/aromatic N) is 3. The average Bonchev–Trinajstić information content (AvgIpc) is 2.96. The molecule has 3 aromatic rings. The fourth-order valence-corrected chi connectivity index (χ4v) is 3.69. The third kappa shape index (κ3) is 2.88. The van der Waals surface area contributed by atoms with Gasteiger partial charge in [0.05, 0.1) is 5.69 Å². The van der Waals surface area contributed by atoms with Crippen LogP contribution in [0.25, 0.3) is 22.2 Å². The summed E-state index contributed by atoms with van der Waals surface area (Å²) in [5.41, 5.74) is 3.34. The summed E-state index contributed by atoms with van der Waals surface area (Å²) >= 11 is 2.28. The number of anilines is 1. The van der Waals surface area contributed by atoms with Gasteiger partial charge in [0.1, 0.15) is 11.5 Å². The van der Waals surface area contributed by atoms with Crippen LogP contribution in [0.4, 0.5) is 10.1 Å². The van der Waals surface area contributed by atoms with E-state index in [0.29, 0.717) is 5.69 Å². The molecule has 0 spiro atoms. The first-order valence-electron chi connectivity index (χ1n) is 7.98. The lowest BCUT2D eigenvalue weighted by atomic mass is 10.1. The van der Waals surface area contributed by atoms with Crippen LogP contribution in [0.3, 0.4) is 0 Å². The monoisotopic (exact) mass is 436 g/mol. The second-order valence-electron chi connectivity index (χ2n) is 6.21. The number of halogens is 2. The normalized spacial score (nSPS) is 16.0. The predicted molar refractivity (Wildman–Crippen MR) is 104 cm³/mol. The van der Waals surface area contributed by atoms with Gasteiger partial charge in [0, 0.05) is 53.1 Å². The zero-order chi connectivity index (χ0) is 16.7. The van der Waals surface area contributed by atoms with Crippen molar-refractivity contribution in [2.75, 3.05) is 38.1 Å². The zero-order valence-corrected chi connectivity index (χ0v) is 15.5. The summed E-state index contributed by atoms with van der Waals surface area (Å²) in [7, 11) is 2.10. The van der Waals surface area contributed by atoms with Crippen molar-refractivity contribution >= 4 is 39.3 Å². The van der Waals surface area contributed by atoms with Gasteiger partial charge in [-0.1, -0.05) is 6.07 Å². The van der Waals surface area contributed by atoms with Crippen molar-refractivity contribution in [3.63, 3.8) is 0 Å². The lowest BCUT2D eigenvalue weighted by Gasteiger charge is -2.34. The molecule has 0 aliphatic carbocycles. The Morgan fingerprint density at radius 1 is 1.12 bits per heavy atom. The summed E-state index contributed by atoms with van der Waals surface area (Å²) in [6.07, 6.45) is 3.72. The number of rotatable bonds is 2. The molecule has 0 amide bonds. The SMILES string of the molecule is CN1CCN(c2ccc(-c3cnc4[nH]cc(I)c4c3)cc2F)CC1. The molecule has 1 N–H and O–H groups in total. The van der Waals surface area contributed by atoms with Crippen LogP contribution in [0, 0.1) is 9.39 Å². The average molecular weight is 436 g/mol. The highest BCUT2D eigenvalue weighted by Crippen LogP contribution is 2.29. The number of aromatic nitrogens is 2. The summed E-state index contributed by atoms with van der Waals surface area (Å²) in [4.78, 5) is 11.9. The van der Waals surface area contributed by atoms with E-state index in [2.05, 4.69) is 55.5 Å². The van der Waals surface area contributed by atoms with Gasteiger partial charge in [0.2, 0.25) is 0 Å². The van der Waals surface area contributed by atoms with Gasteiger partial charge in [0.15, 0.2) is 0 Å². The fourth-order valence-electron chi connectivity index (χ4n) is 3.12. The summed E-state index contributed by atoms with van der Waals surface area (Å²) in [6, 6.07) is 7.56. The van der Waals surface area contributed by atoms with E-state index in [1.165, 1.54) is 0 Å². The third-order valence-corrected chi connectivity index (χ3v) is 5.50. The van der Waals surface area contributed by atoms with Gasteiger partial charge in [-0.05, 0) is 53.4 Å². The molecule has 1 fully saturated rings. The Morgan fingerprint density at radius 2 is 1.92 bits per heavy atom. The van der Waals surface area contributed by atoms with Crippen LogP contribution in [-0.4, -0.2) is 48.1 Å². The van der Waals surface area contributed by atoms with Crippen molar-refractivity contribution in [3.8, 4) is 11.1 Å². The molecule has 2 aromatic heterocycles. The van der Waals surface area contributed by atoms with Crippen LogP contribution in [0.15, 0.2) is 36.7 Å². The summed E-state index contributed by atoms with van der Waals surface area (Å²) in [6.45, 7) is 3.66. The van der Waals surface area contributed by atoms with E-state index in [1.807, 2.05) is 18.3 Å². The second kappa shape index (κ2) is 6.33. The molecule has 4 nitrogen and oxygen atoms in total. The Kier molecular flexibility index (Phi) is 4.17. The first-order valence-corrected chi connectivity index (χ1v) is 9.06. The maximum atomic E-state index is 14.7. The van der Waals surface area contributed by atoms with Crippen LogP contribution < -0.4 is 4.90 Å². The summed E-state index contributed by atoms with van der Waals surface area (Å²) in [5.74, 6) is -0.166. The van der Waals surface area contributed by atoms with Crippen molar-refractivity contribution < 1.29 is 4.39 Å². The number of piperazine rings is 1. The number of pyridine rings is 1. The summed E-state index contributed by atoms with van der Waals surface area (Å²) in [5, 5.41) is 1.07. The van der Waals surface area contributed by atoms with Crippen LogP contribution >= 0.6 is 22.6 Å². The lowest BCUT2D eigenvalue weighted by molar-refractivity contribution is 0.311. The van der Waals surface area contributed by atoms with E-state index in [4.69, 9.17) is 0 Å². The number of hydrogen-bond acceptors (Lipinski definition) is 3. The number of H-pyrrole nitrogens is 1. The minimum atomic E-state index is -0.166. The van der Waals surface area contributed by atoms with E-state index in [9.17, 15) is 4.39 Å². The van der Waals surface area contributed by atoms with Crippen molar-refractivity contribution in [2.24, 2.45) is 0 Å². The highest BCUT2D eigenvalue weighted by atomic mass is 127. The van der Waals surface area contributed by atoms with Gasteiger partial charge >= 0.3 is 0 Å². The first-order chi connectivity index (χ1) is 11.6. The van der Waals surface area contributed by atoms with Crippen LogP contribution in [0.2, 0.25) is 0 Å². The molecule has 0 radical (unpaired) electrons. The highest BCUT2D eigenvalue weighted by molar-refractivity contribution is 14.1. The molecule has 6 heteroatoms. The fraction of sp³-hybridized carbons (Fsp3) is 0.278. The van der Waals surface area contributed by atoms with Crippen molar-refractivity contribution in [1.82, 2.24) is 14.9 Å². The molecule has 124 valence electrons. The Balaban J connectivity index is 1.66. The molecular formula is C18H18FIN4. The number of hydrogen-bond donors (Lipinski definition) is 1. The molecule has 0 atom stereocenters. The molecule has 0 unspecified atom stereocenters. The Bertz CT molecular complexity index is 884. The number of aromatic amines is 1. The zero-order valence-electron chi connectivity index (χ0n) is 13.4. The van der Waals surface area contributed by atoms with Gasteiger partial charge in [0.25, 0.3) is 0 Å².